The third-order valence-electron chi connectivity index (χ3n) is 3.53. The first-order valence-electron chi connectivity index (χ1n) is 6.87. The first kappa shape index (κ1) is 12.8. The van der Waals surface area contributed by atoms with Crippen molar-refractivity contribution in [3.8, 4) is 0 Å². The van der Waals surface area contributed by atoms with Crippen LogP contribution in [0.4, 0.5) is 0 Å². The topological polar surface area (TPSA) is 59.4 Å². The number of nitrogens with one attached hydrogen (secondary N) is 1. The molecule has 0 atom stereocenters. The Morgan fingerprint density at radius 3 is 2.70 bits per heavy atom. The number of H-pyrrole nitrogens is 1. The van der Waals surface area contributed by atoms with Crippen molar-refractivity contribution >= 4 is 10.9 Å². The normalized spacial score (nSPS) is 12.2. The number of aromatic nitrogens is 5. The summed E-state index contributed by atoms with van der Waals surface area (Å²) >= 11 is 0. The Balaban J connectivity index is 2.02. The van der Waals surface area contributed by atoms with Crippen LogP contribution in [0.5, 0.6) is 0 Å². The van der Waals surface area contributed by atoms with Gasteiger partial charge in [-0.15, -0.1) is 10.2 Å². The number of para-hydroxylation sites is 1. The van der Waals surface area contributed by atoms with Crippen molar-refractivity contribution in [1.29, 1.82) is 0 Å². The number of aryl methyl sites for hydroxylation is 2. The Hall–Kier alpha value is -2.17. The molecular formula is C15H19N5. The Bertz CT molecular complexity index is 704. The number of nitrogens with zero attached hydrogens (tertiary/aromatic N) is 4. The molecule has 0 aliphatic carbocycles. The summed E-state index contributed by atoms with van der Waals surface area (Å²) in [4.78, 5) is 0. The predicted octanol–water partition coefficient (Wildman–Crippen LogP) is 2.69. The van der Waals surface area contributed by atoms with Gasteiger partial charge in [0.05, 0.1) is 0 Å². The van der Waals surface area contributed by atoms with Crippen LogP contribution >= 0.6 is 0 Å². The highest BCUT2D eigenvalue weighted by atomic mass is 15.5. The van der Waals surface area contributed by atoms with Crippen LogP contribution < -0.4 is 0 Å². The highest BCUT2D eigenvalue weighted by molar-refractivity contribution is 5.81. The first-order chi connectivity index (χ1) is 9.55. The lowest BCUT2D eigenvalue weighted by Crippen LogP contribution is -2.18. The lowest BCUT2D eigenvalue weighted by atomic mass is 9.92. The second-order valence-corrected chi connectivity index (χ2v) is 6.07. The minimum absolute atomic E-state index is 0.107. The predicted molar refractivity (Wildman–Crippen MR) is 78.5 cm³/mol. The largest absolute Gasteiger partial charge is 0.344 e. The smallest absolute Gasteiger partial charge is 0.176 e. The zero-order valence-corrected chi connectivity index (χ0v) is 12.1. The number of rotatable bonds is 3. The van der Waals surface area contributed by atoms with Gasteiger partial charge in [-0.2, -0.15) is 5.21 Å². The molecule has 0 spiro atoms. The molecule has 0 amide bonds. The van der Waals surface area contributed by atoms with Gasteiger partial charge in [-0.1, -0.05) is 44.2 Å². The van der Waals surface area contributed by atoms with Crippen LogP contribution in [0.25, 0.3) is 10.9 Å². The summed E-state index contributed by atoms with van der Waals surface area (Å²) in [7, 11) is 0. The van der Waals surface area contributed by atoms with Crippen molar-refractivity contribution in [3.05, 3.63) is 41.9 Å². The maximum absolute atomic E-state index is 4.03. The molecule has 5 heteroatoms. The average molecular weight is 269 g/mol. The van der Waals surface area contributed by atoms with Crippen LogP contribution in [0, 0.1) is 0 Å². The molecule has 0 aliphatic heterocycles. The number of fused-ring (bicyclic) bond motifs is 1. The lowest BCUT2D eigenvalue weighted by molar-refractivity contribution is 0.520. The molecule has 1 N–H and O–H groups in total. The van der Waals surface area contributed by atoms with E-state index in [0.29, 0.717) is 0 Å². The van der Waals surface area contributed by atoms with Gasteiger partial charge in [-0.3, -0.25) is 0 Å². The molecule has 0 radical (unpaired) electrons. The fraction of sp³-hybridized carbons (Fsp3) is 0.400. The SMILES string of the molecule is CC(C)(C)c1cc2ccccc2n1CCc1nn[nH]n1. The summed E-state index contributed by atoms with van der Waals surface area (Å²) in [6.07, 6.45) is 0.776. The molecule has 0 unspecified atom stereocenters. The van der Waals surface area contributed by atoms with E-state index < -0.39 is 0 Å². The van der Waals surface area contributed by atoms with Crippen LogP contribution in [0.1, 0.15) is 32.3 Å². The minimum atomic E-state index is 0.107. The zero-order chi connectivity index (χ0) is 14.2. The second kappa shape index (κ2) is 4.74. The van der Waals surface area contributed by atoms with Crippen molar-refractivity contribution in [1.82, 2.24) is 25.2 Å². The molecule has 0 saturated carbocycles. The van der Waals surface area contributed by atoms with Crippen LogP contribution in [0.2, 0.25) is 0 Å². The molecule has 3 rings (SSSR count). The van der Waals surface area contributed by atoms with E-state index in [1.165, 1.54) is 16.6 Å². The maximum atomic E-state index is 4.03. The molecule has 2 aromatic heterocycles. The fourth-order valence-electron chi connectivity index (χ4n) is 2.57. The van der Waals surface area contributed by atoms with Crippen molar-refractivity contribution in [2.75, 3.05) is 0 Å². The molecule has 3 aromatic rings. The Morgan fingerprint density at radius 2 is 2.00 bits per heavy atom. The van der Waals surface area contributed by atoms with Gasteiger partial charge in [-0.05, 0) is 17.5 Å². The molecule has 0 bridgehead atoms. The molecule has 2 heterocycles. The molecule has 104 valence electrons. The van der Waals surface area contributed by atoms with Gasteiger partial charge in [0.25, 0.3) is 0 Å². The number of hydrogen-bond donors (Lipinski definition) is 1. The third kappa shape index (κ3) is 2.31. The maximum Gasteiger partial charge on any atom is 0.176 e. The number of tetrazole rings is 1. The lowest BCUT2D eigenvalue weighted by Gasteiger charge is -2.22. The summed E-state index contributed by atoms with van der Waals surface area (Å²) < 4.78 is 2.37. The van der Waals surface area contributed by atoms with E-state index in [4.69, 9.17) is 0 Å². The zero-order valence-electron chi connectivity index (χ0n) is 12.1. The summed E-state index contributed by atoms with van der Waals surface area (Å²) in [5, 5.41) is 15.4. The van der Waals surface area contributed by atoms with Crippen LogP contribution in [0.15, 0.2) is 30.3 Å². The summed E-state index contributed by atoms with van der Waals surface area (Å²) in [5.74, 6) is 0.752. The Labute approximate surface area is 118 Å². The first-order valence-corrected chi connectivity index (χ1v) is 6.87. The van der Waals surface area contributed by atoms with E-state index in [1.54, 1.807) is 0 Å². The molecule has 0 saturated heterocycles. The standard InChI is InChI=1S/C15H19N5/c1-15(2,3)13-10-11-6-4-5-7-12(11)20(13)9-8-14-16-18-19-17-14/h4-7,10H,8-9H2,1-3H3,(H,16,17,18,19). The summed E-state index contributed by atoms with van der Waals surface area (Å²) in [6, 6.07) is 10.8. The van der Waals surface area contributed by atoms with Crippen LogP contribution in [-0.4, -0.2) is 25.2 Å². The van der Waals surface area contributed by atoms with Crippen molar-refractivity contribution in [3.63, 3.8) is 0 Å². The van der Waals surface area contributed by atoms with E-state index in [9.17, 15) is 0 Å². The number of benzene rings is 1. The molecule has 20 heavy (non-hydrogen) atoms. The third-order valence-corrected chi connectivity index (χ3v) is 3.53. The highest BCUT2D eigenvalue weighted by Crippen LogP contribution is 2.29. The molecule has 0 fully saturated rings. The second-order valence-electron chi connectivity index (χ2n) is 6.07. The minimum Gasteiger partial charge on any atom is -0.344 e. The van der Waals surface area contributed by atoms with E-state index in [1.807, 2.05) is 0 Å². The molecule has 0 aliphatic rings. The van der Waals surface area contributed by atoms with Gasteiger partial charge < -0.3 is 4.57 Å². The van der Waals surface area contributed by atoms with Crippen molar-refractivity contribution < 1.29 is 0 Å². The number of aromatic amines is 1. The highest BCUT2D eigenvalue weighted by Gasteiger charge is 2.20. The van der Waals surface area contributed by atoms with Gasteiger partial charge >= 0.3 is 0 Å². The monoisotopic (exact) mass is 269 g/mol. The van der Waals surface area contributed by atoms with Crippen molar-refractivity contribution in [2.24, 2.45) is 0 Å². The van der Waals surface area contributed by atoms with Crippen LogP contribution in [-0.2, 0) is 18.4 Å². The number of hydrogen-bond acceptors (Lipinski definition) is 3. The molecular weight excluding hydrogens is 250 g/mol. The quantitative estimate of drug-likeness (QED) is 0.795. The van der Waals surface area contributed by atoms with E-state index >= 15 is 0 Å². The fourth-order valence-corrected chi connectivity index (χ4v) is 2.57. The molecule has 5 nitrogen and oxygen atoms in total. The van der Waals surface area contributed by atoms with E-state index in [-0.39, 0.29) is 5.41 Å². The van der Waals surface area contributed by atoms with Gasteiger partial charge in [0.2, 0.25) is 0 Å². The summed E-state index contributed by atoms with van der Waals surface area (Å²) in [5.41, 5.74) is 2.71. The van der Waals surface area contributed by atoms with Gasteiger partial charge in [0.1, 0.15) is 0 Å². The molecule has 1 aromatic carbocycles. The van der Waals surface area contributed by atoms with E-state index in [2.05, 4.69) is 76.3 Å². The van der Waals surface area contributed by atoms with Gasteiger partial charge in [0, 0.05) is 29.6 Å². The van der Waals surface area contributed by atoms with E-state index in [0.717, 1.165) is 18.8 Å². The average Bonchev–Trinajstić information content (AvgIpc) is 3.03. The van der Waals surface area contributed by atoms with Gasteiger partial charge in [0.15, 0.2) is 5.82 Å². The van der Waals surface area contributed by atoms with Gasteiger partial charge in [-0.25, -0.2) is 0 Å². The summed E-state index contributed by atoms with van der Waals surface area (Å²) in [6.45, 7) is 7.59. The Kier molecular flexibility index (Phi) is 3.04. The van der Waals surface area contributed by atoms with Crippen LogP contribution in [0.3, 0.4) is 0 Å². The Morgan fingerprint density at radius 1 is 1.20 bits per heavy atom. The van der Waals surface area contributed by atoms with Crippen molar-refractivity contribution in [2.45, 2.75) is 39.2 Å².